The van der Waals surface area contributed by atoms with Crippen LogP contribution in [0.1, 0.15) is 35.5 Å². The second-order valence-corrected chi connectivity index (χ2v) is 5.18. The fourth-order valence-corrected chi connectivity index (χ4v) is 2.10. The van der Waals surface area contributed by atoms with Crippen molar-refractivity contribution in [3.8, 4) is 0 Å². The van der Waals surface area contributed by atoms with Gasteiger partial charge in [-0.25, -0.2) is 0 Å². The molecule has 0 saturated carbocycles. The summed E-state index contributed by atoms with van der Waals surface area (Å²) in [6, 6.07) is 7.70. The fraction of sp³-hybridized carbons (Fsp3) is 0.333. The minimum atomic E-state index is -0.0197. The highest BCUT2D eigenvalue weighted by Crippen LogP contribution is 2.16. The van der Waals surface area contributed by atoms with E-state index >= 15 is 0 Å². The predicted octanol–water partition coefficient (Wildman–Crippen LogP) is 2.35. The summed E-state index contributed by atoms with van der Waals surface area (Å²) in [6.45, 7) is 6.38. The van der Waals surface area contributed by atoms with E-state index in [-0.39, 0.29) is 11.9 Å². The van der Waals surface area contributed by atoms with Gasteiger partial charge in [-0.05, 0) is 38.5 Å². The van der Waals surface area contributed by atoms with Crippen LogP contribution in [-0.4, -0.2) is 27.0 Å². The minimum Gasteiger partial charge on any atom is -0.399 e. The fourth-order valence-electron chi connectivity index (χ4n) is 2.10. The summed E-state index contributed by atoms with van der Waals surface area (Å²) >= 11 is 0. The third-order valence-electron chi connectivity index (χ3n) is 3.25. The number of nitrogens with two attached hydrogens (primary N) is 1. The number of nitrogen functional groups attached to an aromatic ring is 1. The average Bonchev–Trinajstić information content (AvgIpc) is 2.81. The first-order valence-corrected chi connectivity index (χ1v) is 6.64. The van der Waals surface area contributed by atoms with E-state index in [1.54, 1.807) is 6.20 Å². The molecule has 5 nitrogen and oxygen atoms in total. The molecule has 0 aliphatic carbocycles. The Balaban J connectivity index is 2.24. The van der Waals surface area contributed by atoms with Crippen molar-refractivity contribution < 1.29 is 4.79 Å². The average molecular weight is 272 g/mol. The Morgan fingerprint density at radius 3 is 2.75 bits per heavy atom. The van der Waals surface area contributed by atoms with Gasteiger partial charge in [0.1, 0.15) is 0 Å². The number of benzene rings is 1. The third-order valence-corrected chi connectivity index (χ3v) is 3.25. The lowest BCUT2D eigenvalue weighted by Gasteiger charge is -2.27. The highest BCUT2D eigenvalue weighted by atomic mass is 16.2. The van der Waals surface area contributed by atoms with Crippen LogP contribution in [0.3, 0.4) is 0 Å². The molecule has 0 spiro atoms. The van der Waals surface area contributed by atoms with Crippen LogP contribution in [-0.2, 0) is 6.54 Å². The number of anilines is 1. The summed E-state index contributed by atoms with van der Waals surface area (Å²) in [6.07, 6.45) is 1.58. The lowest BCUT2D eigenvalue weighted by Crippen LogP contribution is -2.36. The molecule has 2 aromatic rings. The topological polar surface area (TPSA) is 75.0 Å². The van der Waals surface area contributed by atoms with E-state index in [2.05, 4.69) is 10.2 Å². The Bertz CT molecular complexity index is 603. The molecule has 0 unspecified atom stereocenters. The maximum atomic E-state index is 12.6. The molecular weight excluding hydrogens is 252 g/mol. The number of nitrogens with one attached hydrogen (secondary N) is 1. The Morgan fingerprint density at radius 2 is 2.20 bits per heavy atom. The maximum Gasteiger partial charge on any atom is 0.257 e. The molecule has 1 heterocycles. The van der Waals surface area contributed by atoms with Crippen LogP contribution in [0.15, 0.2) is 30.5 Å². The van der Waals surface area contributed by atoms with Gasteiger partial charge in [-0.3, -0.25) is 9.89 Å². The van der Waals surface area contributed by atoms with Gasteiger partial charge < -0.3 is 10.6 Å². The van der Waals surface area contributed by atoms with Crippen molar-refractivity contribution in [1.29, 1.82) is 0 Å². The number of hydrogen-bond donors (Lipinski definition) is 2. The standard InChI is InChI=1S/C15H20N4O/c1-10(2)19(9-12-5-4-6-13(16)7-12)15(20)14-8-17-18-11(14)3/h4-8,10H,9,16H2,1-3H3,(H,17,18). The van der Waals surface area contributed by atoms with E-state index in [4.69, 9.17) is 5.73 Å². The molecule has 0 aliphatic heterocycles. The zero-order valence-electron chi connectivity index (χ0n) is 12.1. The van der Waals surface area contributed by atoms with Crippen molar-refractivity contribution in [2.45, 2.75) is 33.4 Å². The Hall–Kier alpha value is -2.30. The largest absolute Gasteiger partial charge is 0.399 e. The van der Waals surface area contributed by atoms with Gasteiger partial charge in [0.25, 0.3) is 5.91 Å². The number of carbonyl (C=O) groups is 1. The highest BCUT2D eigenvalue weighted by molar-refractivity contribution is 5.95. The number of rotatable bonds is 4. The number of amides is 1. The summed E-state index contributed by atoms with van der Waals surface area (Å²) in [5.74, 6) is -0.0197. The molecule has 0 fully saturated rings. The van der Waals surface area contributed by atoms with Crippen molar-refractivity contribution in [3.63, 3.8) is 0 Å². The number of aromatic amines is 1. The van der Waals surface area contributed by atoms with E-state index < -0.39 is 0 Å². The summed E-state index contributed by atoms with van der Waals surface area (Å²) in [4.78, 5) is 14.4. The van der Waals surface area contributed by atoms with Crippen molar-refractivity contribution in [3.05, 3.63) is 47.3 Å². The molecule has 0 aliphatic rings. The number of H-pyrrole nitrogens is 1. The number of hydrogen-bond acceptors (Lipinski definition) is 3. The van der Waals surface area contributed by atoms with Crippen molar-refractivity contribution in [2.24, 2.45) is 0 Å². The molecule has 0 saturated heterocycles. The zero-order chi connectivity index (χ0) is 14.7. The quantitative estimate of drug-likeness (QED) is 0.839. The number of nitrogens with zero attached hydrogens (tertiary/aromatic N) is 2. The van der Waals surface area contributed by atoms with Crippen molar-refractivity contribution in [1.82, 2.24) is 15.1 Å². The number of aryl methyl sites for hydroxylation is 1. The predicted molar refractivity (Wildman–Crippen MR) is 79.2 cm³/mol. The maximum absolute atomic E-state index is 12.6. The monoisotopic (exact) mass is 272 g/mol. The Morgan fingerprint density at radius 1 is 1.45 bits per heavy atom. The van der Waals surface area contributed by atoms with Crippen LogP contribution in [0.2, 0.25) is 0 Å². The summed E-state index contributed by atoms with van der Waals surface area (Å²) in [7, 11) is 0. The summed E-state index contributed by atoms with van der Waals surface area (Å²) < 4.78 is 0. The van der Waals surface area contributed by atoms with E-state index in [1.165, 1.54) is 0 Å². The Kier molecular flexibility index (Phi) is 4.08. The van der Waals surface area contributed by atoms with Gasteiger partial charge in [0.05, 0.1) is 11.8 Å². The molecule has 0 atom stereocenters. The van der Waals surface area contributed by atoms with Gasteiger partial charge in [0, 0.05) is 24.0 Å². The Labute approximate surface area is 118 Å². The molecule has 0 radical (unpaired) electrons. The second kappa shape index (κ2) is 5.77. The smallest absolute Gasteiger partial charge is 0.257 e. The van der Waals surface area contributed by atoms with Crippen molar-refractivity contribution >= 4 is 11.6 Å². The lowest BCUT2D eigenvalue weighted by atomic mass is 10.1. The molecule has 20 heavy (non-hydrogen) atoms. The second-order valence-electron chi connectivity index (χ2n) is 5.18. The van der Waals surface area contributed by atoms with Gasteiger partial charge in [-0.15, -0.1) is 0 Å². The molecule has 2 rings (SSSR count). The van der Waals surface area contributed by atoms with Crippen LogP contribution in [0.4, 0.5) is 5.69 Å². The molecule has 5 heteroatoms. The van der Waals surface area contributed by atoms with Gasteiger partial charge in [0.2, 0.25) is 0 Å². The number of aromatic nitrogens is 2. The normalized spacial score (nSPS) is 10.8. The molecule has 3 N–H and O–H groups in total. The molecule has 106 valence electrons. The molecule has 1 aromatic carbocycles. The van der Waals surface area contributed by atoms with Gasteiger partial charge >= 0.3 is 0 Å². The van der Waals surface area contributed by atoms with Crippen LogP contribution < -0.4 is 5.73 Å². The van der Waals surface area contributed by atoms with E-state index in [1.807, 2.05) is 49.9 Å². The van der Waals surface area contributed by atoms with Crippen LogP contribution in [0.25, 0.3) is 0 Å². The van der Waals surface area contributed by atoms with Crippen LogP contribution in [0.5, 0.6) is 0 Å². The van der Waals surface area contributed by atoms with Crippen LogP contribution >= 0.6 is 0 Å². The molecular formula is C15H20N4O. The minimum absolute atomic E-state index is 0.0197. The summed E-state index contributed by atoms with van der Waals surface area (Å²) in [5, 5.41) is 6.71. The first-order chi connectivity index (χ1) is 9.49. The van der Waals surface area contributed by atoms with Crippen LogP contribution in [0, 0.1) is 6.92 Å². The first kappa shape index (κ1) is 14.1. The number of carbonyl (C=O) groups excluding carboxylic acids is 1. The highest BCUT2D eigenvalue weighted by Gasteiger charge is 2.21. The van der Waals surface area contributed by atoms with E-state index in [0.717, 1.165) is 11.3 Å². The lowest BCUT2D eigenvalue weighted by molar-refractivity contribution is 0.0689. The third kappa shape index (κ3) is 2.99. The first-order valence-electron chi connectivity index (χ1n) is 6.64. The zero-order valence-corrected chi connectivity index (χ0v) is 12.1. The van der Waals surface area contributed by atoms with E-state index in [0.29, 0.717) is 17.8 Å². The molecule has 1 amide bonds. The molecule has 0 bridgehead atoms. The van der Waals surface area contributed by atoms with Gasteiger partial charge in [-0.1, -0.05) is 12.1 Å². The summed E-state index contributed by atoms with van der Waals surface area (Å²) in [5.41, 5.74) is 8.91. The van der Waals surface area contributed by atoms with Crippen molar-refractivity contribution in [2.75, 3.05) is 5.73 Å². The van der Waals surface area contributed by atoms with Gasteiger partial charge in [-0.2, -0.15) is 5.10 Å². The SMILES string of the molecule is Cc1[nH]ncc1C(=O)N(Cc1cccc(N)c1)C(C)C. The van der Waals surface area contributed by atoms with E-state index in [9.17, 15) is 4.79 Å². The molecule has 1 aromatic heterocycles. The van der Waals surface area contributed by atoms with Gasteiger partial charge in [0.15, 0.2) is 0 Å².